The lowest BCUT2D eigenvalue weighted by Crippen LogP contribution is -2.53. The van der Waals surface area contributed by atoms with E-state index in [1.165, 1.54) is 15.8 Å². The predicted octanol–water partition coefficient (Wildman–Crippen LogP) is -0.588. The summed E-state index contributed by atoms with van der Waals surface area (Å²) in [5, 5.41) is 6.84. The van der Waals surface area contributed by atoms with Gasteiger partial charge in [-0.1, -0.05) is 5.21 Å². The van der Waals surface area contributed by atoms with E-state index < -0.39 is 20.0 Å². The smallest absolute Gasteiger partial charge is 0.227 e. The molecule has 1 amide bonds. The number of sulfone groups is 1. The number of hydrogen-bond donors (Lipinski definition) is 0. The highest BCUT2D eigenvalue weighted by molar-refractivity contribution is 7.93. The Balaban J connectivity index is 2.02. The largest absolute Gasteiger partial charge is 0.321 e. The Morgan fingerprint density at radius 3 is 2.78 bits per heavy atom. The minimum absolute atomic E-state index is 0.0848. The third-order valence-corrected chi connectivity index (χ3v) is 7.08. The van der Waals surface area contributed by atoms with Crippen molar-refractivity contribution in [3.05, 3.63) is 12.4 Å². The van der Waals surface area contributed by atoms with Gasteiger partial charge in [-0.2, -0.15) is 0 Å². The summed E-state index contributed by atoms with van der Waals surface area (Å²) >= 11 is 0. The van der Waals surface area contributed by atoms with E-state index in [1.807, 2.05) is 0 Å². The van der Waals surface area contributed by atoms with Gasteiger partial charge in [0.05, 0.1) is 25.2 Å². The molecule has 8 heteroatoms. The van der Waals surface area contributed by atoms with Gasteiger partial charge < -0.3 is 4.90 Å². The maximum Gasteiger partial charge on any atom is 0.227 e. The lowest BCUT2D eigenvalue weighted by molar-refractivity contribution is -0.144. The second-order valence-corrected chi connectivity index (χ2v) is 7.66. The van der Waals surface area contributed by atoms with Crippen LogP contribution in [0.1, 0.15) is 20.3 Å². The molecule has 0 N–H and O–H groups in total. The van der Waals surface area contributed by atoms with Crippen molar-refractivity contribution in [1.82, 2.24) is 19.9 Å². The molecule has 18 heavy (non-hydrogen) atoms. The molecule has 2 aliphatic heterocycles. The summed E-state index contributed by atoms with van der Waals surface area (Å²) < 4.78 is 25.5. The molecule has 0 bridgehead atoms. The van der Waals surface area contributed by atoms with Crippen molar-refractivity contribution in [3.63, 3.8) is 0 Å². The van der Waals surface area contributed by atoms with Crippen molar-refractivity contribution >= 4 is 15.7 Å². The highest BCUT2D eigenvalue weighted by Gasteiger charge is 2.65. The highest BCUT2D eigenvalue weighted by atomic mass is 32.2. The topological polar surface area (TPSA) is 85.2 Å². The zero-order valence-electron chi connectivity index (χ0n) is 10.1. The Kier molecular flexibility index (Phi) is 2.14. The summed E-state index contributed by atoms with van der Waals surface area (Å²) in [5.41, 5.74) is 0. The number of amides is 1. The maximum atomic E-state index is 12.5. The number of aromatic nitrogens is 3. The van der Waals surface area contributed by atoms with Crippen LogP contribution in [0.15, 0.2) is 12.4 Å². The highest BCUT2D eigenvalue weighted by Crippen LogP contribution is 2.46. The summed E-state index contributed by atoms with van der Waals surface area (Å²) in [6, 6.07) is -0.335. The van der Waals surface area contributed by atoms with Gasteiger partial charge >= 0.3 is 0 Å². The van der Waals surface area contributed by atoms with E-state index in [4.69, 9.17) is 0 Å². The van der Waals surface area contributed by atoms with Gasteiger partial charge in [0.15, 0.2) is 9.84 Å². The van der Waals surface area contributed by atoms with Crippen LogP contribution in [0.5, 0.6) is 0 Å². The number of carbonyl (C=O) groups excluding carboxylic acids is 1. The predicted molar refractivity (Wildman–Crippen MR) is 62.1 cm³/mol. The zero-order chi connectivity index (χ0) is 13.1. The Morgan fingerprint density at radius 2 is 2.28 bits per heavy atom. The van der Waals surface area contributed by atoms with E-state index >= 15 is 0 Å². The third-order valence-electron chi connectivity index (χ3n) is 4.20. The number of hydrogen-bond acceptors (Lipinski definition) is 5. The zero-order valence-corrected chi connectivity index (χ0v) is 11.0. The summed E-state index contributed by atoms with van der Waals surface area (Å²) in [6.07, 6.45) is 3.25. The summed E-state index contributed by atoms with van der Waals surface area (Å²) in [7, 11) is -3.37. The van der Waals surface area contributed by atoms with Crippen molar-refractivity contribution in [2.24, 2.45) is 0 Å². The molecule has 3 heterocycles. The molecule has 0 spiro atoms. The van der Waals surface area contributed by atoms with Crippen LogP contribution in [-0.2, 0) is 21.2 Å². The number of β-lactam (4-membered cyclic amide) rings is 1. The van der Waals surface area contributed by atoms with Gasteiger partial charge in [-0.15, -0.1) is 5.10 Å². The lowest BCUT2D eigenvalue weighted by Gasteiger charge is -2.36. The average molecular weight is 270 g/mol. The first-order valence-corrected chi connectivity index (χ1v) is 7.31. The van der Waals surface area contributed by atoms with Gasteiger partial charge in [0.2, 0.25) is 5.91 Å². The van der Waals surface area contributed by atoms with Crippen molar-refractivity contribution in [2.45, 2.75) is 43.0 Å². The second-order valence-electron chi connectivity index (χ2n) is 5.09. The van der Waals surface area contributed by atoms with E-state index in [9.17, 15) is 13.2 Å². The number of nitrogens with zero attached hydrogens (tertiary/aromatic N) is 4. The fourth-order valence-electron chi connectivity index (χ4n) is 2.83. The summed E-state index contributed by atoms with van der Waals surface area (Å²) in [6.45, 7) is 3.68. The molecule has 0 aliphatic carbocycles. The minimum Gasteiger partial charge on any atom is -0.321 e. The standard InChI is InChI=1S/C10H14N4O3S/c1-7-10(2,6-13-4-3-11-12-13)18(16,17)9-5-8(15)14(7)9/h3-4,7,9H,5-6H2,1-2H3/t7-,9?,10-/m0/s1. The van der Waals surface area contributed by atoms with Crippen LogP contribution in [-0.4, -0.2) is 50.4 Å². The molecule has 3 rings (SSSR count). The summed E-state index contributed by atoms with van der Waals surface area (Å²) in [5.74, 6) is -0.0848. The van der Waals surface area contributed by atoms with E-state index in [0.717, 1.165) is 0 Å². The van der Waals surface area contributed by atoms with Gasteiger partial charge in [0.25, 0.3) is 0 Å². The third kappa shape index (κ3) is 1.18. The van der Waals surface area contributed by atoms with Crippen molar-refractivity contribution in [2.75, 3.05) is 0 Å². The molecule has 98 valence electrons. The molecule has 3 atom stereocenters. The molecule has 2 fully saturated rings. The Morgan fingerprint density at radius 1 is 1.56 bits per heavy atom. The first-order valence-electron chi connectivity index (χ1n) is 5.76. The van der Waals surface area contributed by atoms with E-state index in [1.54, 1.807) is 20.0 Å². The molecular formula is C10H14N4O3S. The van der Waals surface area contributed by atoms with Gasteiger partial charge in [0.1, 0.15) is 10.1 Å². The van der Waals surface area contributed by atoms with Crippen LogP contribution < -0.4 is 0 Å². The molecule has 2 saturated heterocycles. The van der Waals surface area contributed by atoms with Gasteiger partial charge in [-0.05, 0) is 13.8 Å². The van der Waals surface area contributed by atoms with Crippen LogP contribution >= 0.6 is 0 Å². The van der Waals surface area contributed by atoms with Crippen molar-refractivity contribution in [1.29, 1.82) is 0 Å². The summed E-state index contributed by atoms with van der Waals surface area (Å²) in [4.78, 5) is 13.0. The van der Waals surface area contributed by atoms with Crippen LogP contribution in [0.25, 0.3) is 0 Å². The van der Waals surface area contributed by atoms with Crippen LogP contribution in [0, 0.1) is 0 Å². The monoisotopic (exact) mass is 270 g/mol. The molecule has 1 unspecified atom stereocenters. The van der Waals surface area contributed by atoms with Crippen LogP contribution in [0.2, 0.25) is 0 Å². The Bertz CT molecular complexity index is 597. The number of carbonyl (C=O) groups is 1. The molecule has 0 aromatic carbocycles. The minimum atomic E-state index is -3.37. The molecule has 7 nitrogen and oxygen atoms in total. The van der Waals surface area contributed by atoms with E-state index in [2.05, 4.69) is 10.3 Å². The fraction of sp³-hybridized carbons (Fsp3) is 0.700. The molecular weight excluding hydrogens is 256 g/mol. The molecule has 1 aromatic rings. The Labute approximate surface area is 105 Å². The Hall–Kier alpha value is -1.44. The normalized spacial score (nSPS) is 37.4. The number of fused-ring (bicyclic) bond motifs is 1. The average Bonchev–Trinajstić information content (AvgIpc) is 2.80. The van der Waals surface area contributed by atoms with Gasteiger partial charge in [-0.3, -0.25) is 9.48 Å². The SMILES string of the molecule is C[C@@H]1N2C(=O)CC2S(=O)(=O)[C@@]1(C)Cn1ccnn1. The van der Waals surface area contributed by atoms with Crippen molar-refractivity contribution in [3.8, 4) is 0 Å². The molecule has 0 radical (unpaired) electrons. The van der Waals surface area contributed by atoms with Gasteiger partial charge in [0, 0.05) is 6.20 Å². The maximum absolute atomic E-state index is 12.5. The van der Waals surface area contributed by atoms with Gasteiger partial charge in [-0.25, -0.2) is 8.42 Å². The first-order chi connectivity index (χ1) is 8.38. The second kappa shape index (κ2) is 3.31. The molecule has 0 saturated carbocycles. The molecule has 1 aromatic heterocycles. The van der Waals surface area contributed by atoms with Crippen LogP contribution in [0.4, 0.5) is 0 Å². The van der Waals surface area contributed by atoms with E-state index in [-0.39, 0.29) is 24.9 Å². The van der Waals surface area contributed by atoms with Crippen molar-refractivity contribution < 1.29 is 13.2 Å². The number of rotatable bonds is 2. The molecule has 2 aliphatic rings. The van der Waals surface area contributed by atoms with Crippen LogP contribution in [0.3, 0.4) is 0 Å². The van der Waals surface area contributed by atoms with E-state index in [0.29, 0.717) is 0 Å². The fourth-order valence-corrected chi connectivity index (χ4v) is 5.31. The lowest BCUT2D eigenvalue weighted by atomic mass is 9.98. The quantitative estimate of drug-likeness (QED) is 0.671. The first kappa shape index (κ1) is 11.6.